The van der Waals surface area contributed by atoms with E-state index in [4.69, 9.17) is 4.42 Å². The van der Waals surface area contributed by atoms with Crippen LogP contribution in [-0.4, -0.2) is 39.3 Å². The first-order valence-electron chi connectivity index (χ1n) is 7.45. The van der Waals surface area contributed by atoms with Gasteiger partial charge in [0.2, 0.25) is 0 Å². The maximum absolute atomic E-state index is 9.24. The third-order valence-corrected chi connectivity index (χ3v) is 3.84. The highest BCUT2D eigenvalue weighted by Gasteiger charge is 2.13. The average molecular weight is 291 g/mol. The average Bonchev–Trinajstić information content (AvgIpc) is 3.05. The van der Waals surface area contributed by atoms with Crippen LogP contribution < -0.4 is 0 Å². The summed E-state index contributed by atoms with van der Waals surface area (Å²) in [7, 11) is 1.99. The fourth-order valence-electron chi connectivity index (χ4n) is 2.41. The van der Waals surface area contributed by atoms with Crippen LogP contribution >= 0.6 is 0 Å². The zero-order valence-electron chi connectivity index (χ0n) is 13.1. The number of aliphatic hydroxyl groups is 1. The Labute approximate surface area is 126 Å². The molecule has 116 valence electrons. The van der Waals surface area contributed by atoms with E-state index in [1.54, 1.807) is 6.33 Å². The van der Waals surface area contributed by atoms with Crippen molar-refractivity contribution in [1.29, 1.82) is 0 Å². The molecule has 0 amide bonds. The van der Waals surface area contributed by atoms with Crippen molar-refractivity contribution in [2.45, 2.75) is 32.7 Å². The molecule has 0 aliphatic carbocycles. The molecule has 0 fully saturated rings. The van der Waals surface area contributed by atoms with Gasteiger partial charge in [-0.2, -0.15) is 0 Å². The van der Waals surface area contributed by atoms with Gasteiger partial charge in [-0.3, -0.25) is 4.90 Å². The van der Waals surface area contributed by atoms with Crippen LogP contribution in [0.3, 0.4) is 0 Å². The molecule has 0 spiro atoms. The van der Waals surface area contributed by atoms with E-state index < -0.39 is 0 Å². The molecule has 2 heterocycles. The minimum atomic E-state index is 0.173. The summed E-state index contributed by atoms with van der Waals surface area (Å²) < 4.78 is 7.70. The molecular weight excluding hydrogens is 266 g/mol. The number of imidazole rings is 1. The van der Waals surface area contributed by atoms with Crippen molar-refractivity contribution in [3.63, 3.8) is 0 Å². The zero-order valence-corrected chi connectivity index (χ0v) is 13.1. The second-order valence-electron chi connectivity index (χ2n) is 5.63. The largest absolute Gasteiger partial charge is 0.466 e. The standard InChI is InChI=1S/C16H25N3O2/c1-13(16-5-4-14(2)21-16)6-7-19(8-9-20)11-15-10-17-12-18(15)3/h4-5,10,12-13,20H,6-9,11H2,1-3H3. The highest BCUT2D eigenvalue weighted by atomic mass is 16.3. The van der Waals surface area contributed by atoms with E-state index >= 15 is 0 Å². The van der Waals surface area contributed by atoms with Gasteiger partial charge in [0.15, 0.2) is 0 Å². The minimum Gasteiger partial charge on any atom is -0.466 e. The summed E-state index contributed by atoms with van der Waals surface area (Å²) in [4.78, 5) is 6.39. The fourth-order valence-corrected chi connectivity index (χ4v) is 2.41. The van der Waals surface area contributed by atoms with E-state index in [0.29, 0.717) is 12.5 Å². The normalized spacial score (nSPS) is 13.0. The van der Waals surface area contributed by atoms with Gasteiger partial charge in [0.25, 0.3) is 0 Å². The van der Waals surface area contributed by atoms with E-state index in [1.807, 2.05) is 30.8 Å². The van der Waals surface area contributed by atoms with E-state index in [9.17, 15) is 5.11 Å². The Morgan fingerprint density at radius 1 is 1.38 bits per heavy atom. The third kappa shape index (κ3) is 4.44. The maximum Gasteiger partial charge on any atom is 0.107 e. The Bertz CT molecular complexity index is 547. The molecule has 0 aliphatic heterocycles. The van der Waals surface area contributed by atoms with Crippen LogP contribution in [0.5, 0.6) is 0 Å². The van der Waals surface area contributed by atoms with Gasteiger partial charge in [-0.1, -0.05) is 6.92 Å². The second kappa shape index (κ2) is 7.43. The molecule has 0 saturated carbocycles. The number of rotatable bonds is 8. The van der Waals surface area contributed by atoms with Crippen LogP contribution in [-0.2, 0) is 13.6 Å². The van der Waals surface area contributed by atoms with Gasteiger partial charge in [-0.05, 0) is 32.0 Å². The van der Waals surface area contributed by atoms with E-state index in [2.05, 4.69) is 22.9 Å². The summed E-state index contributed by atoms with van der Waals surface area (Å²) in [6.07, 6.45) is 4.69. The van der Waals surface area contributed by atoms with Crippen molar-refractivity contribution >= 4 is 0 Å². The number of aliphatic hydroxyl groups excluding tert-OH is 1. The molecule has 0 aliphatic rings. The molecule has 5 heteroatoms. The second-order valence-corrected chi connectivity index (χ2v) is 5.63. The van der Waals surface area contributed by atoms with Gasteiger partial charge in [-0.15, -0.1) is 0 Å². The fraction of sp³-hybridized carbons (Fsp3) is 0.562. The lowest BCUT2D eigenvalue weighted by Crippen LogP contribution is -2.29. The van der Waals surface area contributed by atoms with E-state index in [-0.39, 0.29) is 6.61 Å². The Morgan fingerprint density at radius 2 is 2.19 bits per heavy atom. The number of aryl methyl sites for hydroxylation is 2. The van der Waals surface area contributed by atoms with Crippen molar-refractivity contribution in [3.05, 3.63) is 41.9 Å². The highest BCUT2D eigenvalue weighted by molar-refractivity contribution is 5.09. The van der Waals surface area contributed by atoms with Gasteiger partial charge in [0, 0.05) is 32.3 Å². The van der Waals surface area contributed by atoms with Crippen molar-refractivity contribution in [2.24, 2.45) is 7.05 Å². The van der Waals surface area contributed by atoms with Gasteiger partial charge in [0.1, 0.15) is 11.5 Å². The molecule has 1 N–H and O–H groups in total. The lowest BCUT2D eigenvalue weighted by Gasteiger charge is -2.22. The lowest BCUT2D eigenvalue weighted by molar-refractivity contribution is 0.182. The number of hydrogen-bond acceptors (Lipinski definition) is 4. The van der Waals surface area contributed by atoms with Crippen LogP contribution in [0, 0.1) is 6.92 Å². The summed E-state index contributed by atoms with van der Waals surface area (Å²) in [5, 5.41) is 9.24. The lowest BCUT2D eigenvalue weighted by atomic mass is 10.0. The molecule has 2 aromatic heterocycles. The van der Waals surface area contributed by atoms with Gasteiger partial charge in [-0.25, -0.2) is 4.98 Å². The number of furan rings is 1. The van der Waals surface area contributed by atoms with Crippen molar-refractivity contribution in [1.82, 2.24) is 14.5 Å². The number of aromatic nitrogens is 2. The molecule has 0 aromatic carbocycles. The monoisotopic (exact) mass is 291 g/mol. The Hall–Kier alpha value is -1.59. The van der Waals surface area contributed by atoms with E-state index in [0.717, 1.165) is 36.7 Å². The van der Waals surface area contributed by atoms with Crippen LogP contribution in [0.1, 0.15) is 36.5 Å². The number of hydrogen-bond donors (Lipinski definition) is 1. The zero-order chi connectivity index (χ0) is 15.2. The first kappa shape index (κ1) is 15.8. The molecule has 21 heavy (non-hydrogen) atoms. The van der Waals surface area contributed by atoms with Gasteiger partial charge in [0.05, 0.1) is 18.6 Å². The molecule has 0 saturated heterocycles. The molecule has 2 aromatic rings. The SMILES string of the molecule is Cc1ccc(C(C)CCN(CCO)Cc2cncn2C)o1. The van der Waals surface area contributed by atoms with Gasteiger partial charge >= 0.3 is 0 Å². The first-order valence-corrected chi connectivity index (χ1v) is 7.45. The molecule has 1 atom stereocenters. The predicted octanol–water partition coefficient (Wildman–Crippen LogP) is 2.31. The Morgan fingerprint density at radius 3 is 2.76 bits per heavy atom. The van der Waals surface area contributed by atoms with Crippen LogP contribution in [0.25, 0.3) is 0 Å². The Kier molecular flexibility index (Phi) is 5.59. The van der Waals surface area contributed by atoms with Crippen LogP contribution in [0.2, 0.25) is 0 Å². The van der Waals surface area contributed by atoms with Gasteiger partial charge < -0.3 is 14.1 Å². The topological polar surface area (TPSA) is 54.4 Å². The summed E-state index contributed by atoms with van der Waals surface area (Å²) in [6.45, 7) is 6.73. The smallest absolute Gasteiger partial charge is 0.107 e. The van der Waals surface area contributed by atoms with E-state index in [1.165, 1.54) is 0 Å². The number of nitrogens with zero attached hydrogens (tertiary/aromatic N) is 3. The maximum atomic E-state index is 9.24. The predicted molar refractivity (Wildman–Crippen MR) is 82.0 cm³/mol. The minimum absolute atomic E-state index is 0.173. The summed E-state index contributed by atoms with van der Waals surface area (Å²) in [5.74, 6) is 2.38. The Balaban J connectivity index is 1.89. The van der Waals surface area contributed by atoms with Crippen molar-refractivity contribution in [2.75, 3.05) is 19.7 Å². The highest BCUT2D eigenvalue weighted by Crippen LogP contribution is 2.21. The molecule has 0 radical (unpaired) electrons. The van der Waals surface area contributed by atoms with Crippen molar-refractivity contribution < 1.29 is 9.52 Å². The van der Waals surface area contributed by atoms with Crippen LogP contribution in [0.4, 0.5) is 0 Å². The summed E-state index contributed by atoms with van der Waals surface area (Å²) in [5.41, 5.74) is 1.16. The quantitative estimate of drug-likeness (QED) is 0.811. The molecule has 2 rings (SSSR count). The van der Waals surface area contributed by atoms with Crippen molar-refractivity contribution in [3.8, 4) is 0 Å². The molecule has 5 nitrogen and oxygen atoms in total. The molecular formula is C16H25N3O2. The first-order chi connectivity index (χ1) is 10.1. The molecule has 0 bridgehead atoms. The summed E-state index contributed by atoms with van der Waals surface area (Å²) in [6, 6.07) is 4.06. The molecule has 1 unspecified atom stereocenters. The third-order valence-electron chi connectivity index (χ3n) is 3.84. The summed E-state index contributed by atoms with van der Waals surface area (Å²) >= 11 is 0. The van der Waals surface area contributed by atoms with Crippen LogP contribution in [0.15, 0.2) is 29.1 Å².